The molecule has 1 aromatic carbocycles. The molecule has 2 aliphatic heterocycles. The summed E-state index contributed by atoms with van der Waals surface area (Å²) < 4.78 is 38.0. The van der Waals surface area contributed by atoms with Gasteiger partial charge in [0.2, 0.25) is 0 Å². The topological polar surface area (TPSA) is 90.1 Å². The number of imidazole rings is 1. The normalized spacial score (nSPS) is 16.3. The van der Waals surface area contributed by atoms with Crippen LogP contribution in [0.1, 0.15) is 42.3 Å². The van der Waals surface area contributed by atoms with Gasteiger partial charge in [0, 0.05) is 74.6 Å². The van der Waals surface area contributed by atoms with Gasteiger partial charge in [0.15, 0.2) is 0 Å². The molecule has 0 saturated carbocycles. The number of alkyl halides is 2. The van der Waals surface area contributed by atoms with Gasteiger partial charge >= 0.3 is 6.03 Å². The monoisotopic (exact) mass is 521 g/mol. The Hall–Kier alpha value is -3.86. The highest BCUT2D eigenvalue weighted by molar-refractivity contribution is 5.96. The minimum atomic E-state index is -2.72. The molecule has 0 radical (unpaired) electrons. The Morgan fingerprint density at radius 3 is 2.68 bits per heavy atom. The fourth-order valence-electron chi connectivity index (χ4n) is 5.57. The van der Waals surface area contributed by atoms with Crippen LogP contribution in [0.25, 0.3) is 33.4 Å². The van der Waals surface area contributed by atoms with E-state index in [1.165, 1.54) is 6.07 Å². The van der Waals surface area contributed by atoms with Crippen molar-refractivity contribution in [2.24, 2.45) is 7.05 Å². The fraction of sp³-hybridized carbons (Fsp3) is 0.407. The second-order valence-corrected chi connectivity index (χ2v) is 9.78. The first-order valence-electron chi connectivity index (χ1n) is 12.8. The third-order valence-electron chi connectivity index (χ3n) is 7.48. The predicted molar refractivity (Wildman–Crippen MR) is 138 cm³/mol. The van der Waals surface area contributed by atoms with Gasteiger partial charge in [-0.2, -0.15) is 5.10 Å². The van der Waals surface area contributed by atoms with Crippen molar-refractivity contribution in [1.82, 2.24) is 34.5 Å². The number of hydrogen-bond donors (Lipinski definition) is 1. The van der Waals surface area contributed by atoms with Crippen molar-refractivity contribution in [1.29, 1.82) is 0 Å². The number of carbonyl (C=O) groups excluding carboxylic acids is 1. The summed E-state index contributed by atoms with van der Waals surface area (Å²) in [6.07, 6.45) is 2.26. The second-order valence-electron chi connectivity index (χ2n) is 9.78. The Bertz CT molecular complexity index is 1510. The number of aromatic nitrogens is 5. The van der Waals surface area contributed by atoms with Crippen molar-refractivity contribution in [3.8, 4) is 22.5 Å². The molecule has 0 unspecified atom stereocenters. The van der Waals surface area contributed by atoms with E-state index in [4.69, 9.17) is 9.72 Å². The zero-order chi connectivity index (χ0) is 26.4. The van der Waals surface area contributed by atoms with E-state index in [0.29, 0.717) is 55.0 Å². The van der Waals surface area contributed by atoms with E-state index >= 15 is 0 Å². The number of aryl methyl sites for hydroxylation is 1. The van der Waals surface area contributed by atoms with Gasteiger partial charge in [-0.25, -0.2) is 23.5 Å². The van der Waals surface area contributed by atoms with Crippen molar-refractivity contribution < 1.29 is 18.3 Å². The highest BCUT2D eigenvalue weighted by Gasteiger charge is 2.31. The van der Waals surface area contributed by atoms with E-state index in [0.717, 1.165) is 29.9 Å². The van der Waals surface area contributed by atoms with Crippen molar-refractivity contribution >= 4 is 16.9 Å². The summed E-state index contributed by atoms with van der Waals surface area (Å²) in [5.74, 6) is 1.21. The molecular formula is C27H29F2N7O2. The largest absolute Gasteiger partial charge is 0.381 e. The number of hydrogen-bond acceptors (Lipinski definition) is 5. The minimum Gasteiger partial charge on any atom is -0.381 e. The van der Waals surface area contributed by atoms with Crippen molar-refractivity contribution in [3.05, 3.63) is 53.7 Å². The van der Waals surface area contributed by atoms with Gasteiger partial charge in [-0.05, 0) is 25.0 Å². The molecule has 1 saturated heterocycles. The lowest BCUT2D eigenvalue weighted by Gasteiger charge is -2.30. The highest BCUT2D eigenvalue weighted by Crippen LogP contribution is 2.39. The molecule has 2 aliphatic rings. The van der Waals surface area contributed by atoms with Gasteiger partial charge in [0.25, 0.3) is 6.43 Å². The number of benzene rings is 1. The van der Waals surface area contributed by atoms with Crippen molar-refractivity contribution in [3.63, 3.8) is 0 Å². The van der Waals surface area contributed by atoms with Gasteiger partial charge < -0.3 is 19.5 Å². The molecule has 0 bridgehead atoms. The molecule has 4 aromatic rings. The standard InChI is InChI=1S/C27H29F2N7O2/c1-30-27(37)35-8-9-36-22(15-35)24(33-26(36)16-6-10-38-11-7-16)18-4-3-5-21-19(18)12-20(25(28)29)23(32-21)17-13-31-34(2)14-17/h3-5,12-14,16,25H,6-11,15H2,1-2H3,(H,30,37). The summed E-state index contributed by atoms with van der Waals surface area (Å²) in [5.41, 5.74) is 3.55. The SMILES string of the molecule is CNC(=O)N1CCn2c(C3CCOCC3)nc(-c3cccc4nc(-c5cnn(C)c5)c(C(F)F)cc34)c2C1. The van der Waals surface area contributed by atoms with Gasteiger partial charge in [0.1, 0.15) is 5.82 Å². The second kappa shape index (κ2) is 9.79. The van der Waals surface area contributed by atoms with Crippen LogP contribution in [0.5, 0.6) is 0 Å². The maximum absolute atomic E-state index is 14.3. The van der Waals surface area contributed by atoms with E-state index < -0.39 is 6.43 Å². The quantitative estimate of drug-likeness (QED) is 0.428. The summed E-state index contributed by atoms with van der Waals surface area (Å²) in [5, 5.41) is 7.45. The molecule has 6 rings (SSSR count). The van der Waals surface area contributed by atoms with Gasteiger partial charge in [0.05, 0.1) is 35.3 Å². The third-order valence-corrected chi connectivity index (χ3v) is 7.48. The maximum Gasteiger partial charge on any atom is 0.317 e. The van der Waals surface area contributed by atoms with Crippen molar-refractivity contribution in [2.45, 2.75) is 38.3 Å². The molecule has 0 atom stereocenters. The molecule has 5 heterocycles. The molecule has 1 N–H and O–H groups in total. The summed E-state index contributed by atoms with van der Waals surface area (Å²) in [4.78, 5) is 24.1. The van der Waals surface area contributed by atoms with Crippen LogP contribution < -0.4 is 5.32 Å². The number of amides is 2. The van der Waals surface area contributed by atoms with Crippen LogP contribution in [0, 0.1) is 0 Å². The van der Waals surface area contributed by atoms with Gasteiger partial charge in [-0.1, -0.05) is 12.1 Å². The fourth-order valence-corrected chi connectivity index (χ4v) is 5.57. The Balaban J connectivity index is 1.54. The summed E-state index contributed by atoms with van der Waals surface area (Å²) in [6.45, 7) is 2.93. The van der Waals surface area contributed by atoms with Crippen LogP contribution in [0.15, 0.2) is 36.7 Å². The lowest BCUT2D eigenvalue weighted by atomic mass is 9.99. The maximum atomic E-state index is 14.3. The minimum absolute atomic E-state index is 0.150. The smallest absolute Gasteiger partial charge is 0.317 e. The Morgan fingerprint density at radius 1 is 1.16 bits per heavy atom. The van der Waals surface area contributed by atoms with Gasteiger partial charge in [-0.3, -0.25) is 4.68 Å². The third kappa shape index (κ3) is 4.20. The van der Waals surface area contributed by atoms with Gasteiger partial charge in [-0.15, -0.1) is 0 Å². The molecule has 11 heteroatoms. The van der Waals surface area contributed by atoms with E-state index in [1.54, 1.807) is 36.1 Å². The molecule has 38 heavy (non-hydrogen) atoms. The summed E-state index contributed by atoms with van der Waals surface area (Å²) in [7, 11) is 3.36. The number of nitrogens with zero attached hydrogens (tertiary/aromatic N) is 6. The average Bonchev–Trinajstić information content (AvgIpc) is 3.55. The molecule has 3 aromatic heterocycles. The van der Waals surface area contributed by atoms with E-state index in [2.05, 4.69) is 20.0 Å². The van der Waals surface area contributed by atoms with E-state index in [-0.39, 0.29) is 23.2 Å². The van der Waals surface area contributed by atoms with Crippen molar-refractivity contribution in [2.75, 3.05) is 26.8 Å². The Labute approximate surface area is 218 Å². The Morgan fingerprint density at radius 2 is 1.97 bits per heavy atom. The number of halogens is 2. The average molecular weight is 522 g/mol. The predicted octanol–water partition coefficient (Wildman–Crippen LogP) is 4.49. The lowest BCUT2D eigenvalue weighted by Crippen LogP contribution is -2.43. The van der Waals surface area contributed by atoms with Crippen LogP contribution >= 0.6 is 0 Å². The first-order chi connectivity index (χ1) is 18.4. The summed E-state index contributed by atoms with van der Waals surface area (Å²) in [6, 6.07) is 6.98. The molecule has 2 amide bonds. The molecule has 9 nitrogen and oxygen atoms in total. The Kier molecular flexibility index (Phi) is 6.30. The van der Waals surface area contributed by atoms with Crippen LogP contribution in [0.4, 0.5) is 13.6 Å². The first-order valence-corrected chi connectivity index (χ1v) is 12.8. The number of pyridine rings is 1. The van der Waals surface area contributed by atoms with Crippen LogP contribution in [0.2, 0.25) is 0 Å². The van der Waals surface area contributed by atoms with Crippen LogP contribution in [-0.2, 0) is 24.9 Å². The van der Waals surface area contributed by atoms with E-state index in [9.17, 15) is 13.6 Å². The van der Waals surface area contributed by atoms with Crippen LogP contribution in [0.3, 0.4) is 0 Å². The number of nitrogens with one attached hydrogen (secondary N) is 1. The molecule has 198 valence electrons. The zero-order valence-electron chi connectivity index (χ0n) is 21.3. The number of fused-ring (bicyclic) bond motifs is 2. The summed E-state index contributed by atoms with van der Waals surface area (Å²) >= 11 is 0. The molecule has 1 fully saturated rings. The molecular weight excluding hydrogens is 492 g/mol. The number of ether oxygens (including phenoxy) is 1. The lowest BCUT2D eigenvalue weighted by molar-refractivity contribution is 0.0823. The molecule has 0 spiro atoms. The highest BCUT2D eigenvalue weighted by atomic mass is 19.3. The number of urea groups is 1. The van der Waals surface area contributed by atoms with E-state index in [1.807, 2.05) is 18.2 Å². The zero-order valence-corrected chi connectivity index (χ0v) is 21.3. The van der Waals surface area contributed by atoms with Crippen LogP contribution in [-0.4, -0.2) is 62.1 Å². The first kappa shape index (κ1) is 24.5. The molecule has 0 aliphatic carbocycles. The number of carbonyl (C=O) groups is 1. The number of rotatable bonds is 4.